The Balaban J connectivity index is 1.15. The molecule has 10 aromatic rings. The summed E-state index contributed by atoms with van der Waals surface area (Å²) in [5.74, 6) is 1.95. The van der Waals surface area contributed by atoms with E-state index in [9.17, 15) is 0 Å². The van der Waals surface area contributed by atoms with Crippen LogP contribution in [0.15, 0.2) is 170 Å². The molecule has 0 aliphatic heterocycles. The third kappa shape index (κ3) is 4.90. The largest absolute Gasteiger partial charge is 0.317 e. The van der Waals surface area contributed by atoms with Gasteiger partial charge in [0.25, 0.3) is 0 Å². The Morgan fingerprint density at radius 2 is 1.00 bits per heavy atom. The first kappa shape index (κ1) is 29.1. The van der Waals surface area contributed by atoms with Crippen LogP contribution in [0.4, 0.5) is 0 Å². The van der Waals surface area contributed by atoms with Gasteiger partial charge in [0.15, 0.2) is 17.5 Å². The van der Waals surface area contributed by atoms with Crippen molar-refractivity contribution < 1.29 is 0 Å². The van der Waals surface area contributed by atoms with Crippen LogP contribution >= 0.6 is 0 Å². The molecule has 0 fully saturated rings. The molecule has 0 spiro atoms. The van der Waals surface area contributed by atoms with Gasteiger partial charge in [-0.15, -0.1) is 0 Å². The first-order valence-electron chi connectivity index (χ1n) is 17.2. The molecule has 0 aliphatic carbocycles. The molecule has 5 nitrogen and oxygen atoms in total. The second-order valence-electron chi connectivity index (χ2n) is 13.1. The molecule has 0 radical (unpaired) electrons. The summed E-state index contributed by atoms with van der Waals surface area (Å²) in [6.07, 6.45) is 2.18. The minimum absolute atomic E-state index is 0.644. The zero-order chi connectivity index (χ0) is 33.9. The highest BCUT2D eigenvalue weighted by Gasteiger charge is 2.17. The SMILES string of the molecule is Cc1cc(-c2nc(-c3ccccc3)nc(-c3ccccc3)n2)cc(-n2ccc3c4cc5c(cc4ccc32)c2ccccc2n5-c2ccccc2)c1. The number of para-hydroxylation sites is 2. The molecule has 240 valence electrons. The van der Waals surface area contributed by atoms with E-state index in [-0.39, 0.29) is 0 Å². The normalized spacial score (nSPS) is 11.6. The fourth-order valence-corrected chi connectivity index (χ4v) is 7.46. The van der Waals surface area contributed by atoms with Crippen molar-refractivity contribution in [3.05, 3.63) is 176 Å². The summed E-state index contributed by atoms with van der Waals surface area (Å²) in [6.45, 7) is 2.13. The first-order valence-corrected chi connectivity index (χ1v) is 17.2. The molecule has 0 atom stereocenters. The van der Waals surface area contributed by atoms with E-state index >= 15 is 0 Å². The van der Waals surface area contributed by atoms with E-state index in [1.807, 2.05) is 60.7 Å². The van der Waals surface area contributed by atoms with E-state index in [0.717, 1.165) is 39.1 Å². The fraction of sp³-hybridized carbons (Fsp3) is 0.0217. The molecule has 0 saturated carbocycles. The van der Waals surface area contributed by atoms with Gasteiger partial charge in [0.1, 0.15) is 0 Å². The molecule has 10 rings (SSSR count). The summed E-state index contributed by atoms with van der Waals surface area (Å²) in [6, 6.07) is 57.6. The van der Waals surface area contributed by atoms with Gasteiger partial charge in [-0.25, -0.2) is 15.0 Å². The highest BCUT2D eigenvalue weighted by Crippen LogP contribution is 2.38. The van der Waals surface area contributed by atoms with Gasteiger partial charge in [0.2, 0.25) is 0 Å². The number of aryl methyl sites for hydroxylation is 1. The molecule has 0 aliphatic rings. The molecule has 0 N–H and O–H groups in total. The molecule has 5 heteroatoms. The molecule has 0 bridgehead atoms. The number of benzene rings is 7. The van der Waals surface area contributed by atoms with E-state index in [0.29, 0.717) is 17.5 Å². The second kappa shape index (κ2) is 11.6. The van der Waals surface area contributed by atoms with Crippen LogP contribution in [0.5, 0.6) is 0 Å². The highest BCUT2D eigenvalue weighted by atomic mass is 15.0. The third-order valence-corrected chi connectivity index (χ3v) is 9.79. The van der Waals surface area contributed by atoms with Crippen LogP contribution < -0.4 is 0 Å². The Labute approximate surface area is 294 Å². The topological polar surface area (TPSA) is 48.5 Å². The Morgan fingerprint density at radius 3 is 1.71 bits per heavy atom. The Bertz CT molecular complexity index is 2850. The van der Waals surface area contributed by atoms with E-state index < -0.39 is 0 Å². The molecule has 3 heterocycles. The van der Waals surface area contributed by atoms with Gasteiger partial charge < -0.3 is 9.13 Å². The maximum atomic E-state index is 5.01. The third-order valence-electron chi connectivity index (χ3n) is 9.79. The molecule has 0 unspecified atom stereocenters. The Hall–Kier alpha value is -6.85. The van der Waals surface area contributed by atoms with E-state index in [1.165, 1.54) is 38.0 Å². The molecule has 3 aromatic heterocycles. The predicted octanol–water partition coefficient (Wildman–Crippen LogP) is 11.4. The van der Waals surface area contributed by atoms with Crippen LogP contribution in [0.3, 0.4) is 0 Å². The van der Waals surface area contributed by atoms with Gasteiger partial charge in [-0.3, -0.25) is 0 Å². The molecule has 0 amide bonds. The molecule has 51 heavy (non-hydrogen) atoms. The van der Waals surface area contributed by atoms with Gasteiger partial charge in [0, 0.05) is 50.4 Å². The predicted molar refractivity (Wildman–Crippen MR) is 210 cm³/mol. The van der Waals surface area contributed by atoms with Crippen LogP contribution in [0.1, 0.15) is 5.56 Å². The average molecular weight is 654 g/mol. The number of aromatic nitrogens is 5. The number of hydrogen-bond donors (Lipinski definition) is 0. The summed E-state index contributed by atoms with van der Waals surface area (Å²) >= 11 is 0. The molecule has 0 saturated heterocycles. The zero-order valence-electron chi connectivity index (χ0n) is 27.9. The lowest BCUT2D eigenvalue weighted by atomic mass is 10.0. The summed E-state index contributed by atoms with van der Waals surface area (Å²) in [4.78, 5) is 14.9. The second-order valence-corrected chi connectivity index (χ2v) is 13.1. The lowest BCUT2D eigenvalue weighted by Crippen LogP contribution is -2.01. The van der Waals surface area contributed by atoms with Gasteiger partial charge in [-0.2, -0.15) is 0 Å². The van der Waals surface area contributed by atoms with Crippen molar-refractivity contribution in [2.45, 2.75) is 6.92 Å². The van der Waals surface area contributed by atoms with Gasteiger partial charge in [-0.05, 0) is 83.9 Å². The lowest BCUT2D eigenvalue weighted by molar-refractivity contribution is 1.07. The average Bonchev–Trinajstić information content (AvgIpc) is 3.77. The number of rotatable bonds is 5. The zero-order valence-corrected chi connectivity index (χ0v) is 27.9. The molecular formula is C46H31N5. The van der Waals surface area contributed by atoms with Crippen molar-refractivity contribution in [2.75, 3.05) is 0 Å². The summed E-state index contributed by atoms with van der Waals surface area (Å²) in [5.41, 5.74) is 9.74. The van der Waals surface area contributed by atoms with Crippen molar-refractivity contribution in [3.8, 4) is 45.5 Å². The maximum absolute atomic E-state index is 5.01. The van der Waals surface area contributed by atoms with Crippen LogP contribution in [0, 0.1) is 6.92 Å². The first-order chi connectivity index (χ1) is 25.2. The van der Waals surface area contributed by atoms with E-state index in [2.05, 4.69) is 125 Å². The lowest BCUT2D eigenvalue weighted by Gasteiger charge is -2.12. The monoisotopic (exact) mass is 653 g/mol. The summed E-state index contributed by atoms with van der Waals surface area (Å²) < 4.78 is 4.66. The minimum Gasteiger partial charge on any atom is -0.317 e. The van der Waals surface area contributed by atoms with Gasteiger partial charge >= 0.3 is 0 Å². The van der Waals surface area contributed by atoms with Crippen molar-refractivity contribution >= 4 is 43.5 Å². The van der Waals surface area contributed by atoms with Crippen LogP contribution in [-0.2, 0) is 0 Å². The number of hydrogen-bond acceptors (Lipinski definition) is 3. The van der Waals surface area contributed by atoms with E-state index in [4.69, 9.17) is 15.0 Å². The standard InChI is InChI=1S/C46H31N5/c1-30-25-34(46-48-44(31-13-5-2-6-14-31)47-45(49-46)32-15-7-3-8-16-32)27-36(26-30)50-24-23-38-39-29-43-40(28-33(39)21-22-41(38)50)37-19-11-12-20-42(37)51(43)35-17-9-4-10-18-35/h2-29H,1H3. The van der Waals surface area contributed by atoms with Crippen molar-refractivity contribution in [3.63, 3.8) is 0 Å². The smallest absolute Gasteiger partial charge is 0.164 e. The van der Waals surface area contributed by atoms with Crippen LogP contribution in [0.25, 0.3) is 89.0 Å². The van der Waals surface area contributed by atoms with Crippen molar-refractivity contribution in [1.29, 1.82) is 0 Å². The fourth-order valence-electron chi connectivity index (χ4n) is 7.46. The highest BCUT2D eigenvalue weighted by molar-refractivity contribution is 6.18. The molecular weight excluding hydrogens is 623 g/mol. The Morgan fingerprint density at radius 1 is 0.392 bits per heavy atom. The van der Waals surface area contributed by atoms with Crippen LogP contribution in [0.2, 0.25) is 0 Å². The van der Waals surface area contributed by atoms with Crippen LogP contribution in [-0.4, -0.2) is 24.1 Å². The summed E-state index contributed by atoms with van der Waals surface area (Å²) in [7, 11) is 0. The summed E-state index contributed by atoms with van der Waals surface area (Å²) in [5, 5.41) is 6.17. The van der Waals surface area contributed by atoms with Gasteiger partial charge in [0.05, 0.1) is 16.6 Å². The maximum Gasteiger partial charge on any atom is 0.164 e. The van der Waals surface area contributed by atoms with Crippen molar-refractivity contribution in [2.24, 2.45) is 0 Å². The van der Waals surface area contributed by atoms with E-state index in [1.54, 1.807) is 0 Å². The Kier molecular flexibility index (Phi) is 6.64. The number of nitrogens with zero attached hydrogens (tertiary/aromatic N) is 5. The number of fused-ring (bicyclic) bond motifs is 6. The molecule has 7 aromatic carbocycles. The van der Waals surface area contributed by atoms with Crippen molar-refractivity contribution in [1.82, 2.24) is 24.1 Å². The quantitative estimate of drug-likeness (QED) is 0.186. The van der Waals surface area contributed by atoms with Gasteiger partial charge in [-0.1, -0.05) is 103 Å². The minimum atomic E-state index is 0.644.